The number of rotatable bonds is 7. The average molecular weight is 329 g/mol. The van der Waals surface area contributed by atoms with Gasteiger partial charge in [-0.2, -0.15) is 0 Å². The highest BCUT2D eigenvalue weighted by Crippen LogP contribution is 2.27. The summed E-state index contributed by atoms with van der Waals surface area (Å²) in [4.78, 5) is 15.0. The largest absolute Gasteiger partial charge is 0.480 e. The molecule has 0 saturated heterocycles. The Kier molecular flexibility index (Phi) is 6.48. The Balaban J connectivity index is 2.84. The van der Waals surface area contributed by atoms with Crippen molar-refractivity contribution in [3.8, 4) is 0 Å². The summed E-state index contributed by atoms with van der Waals surface area (Å²) >= 11 is 3.53. The Bertz CT molecular complexity index is 424. The van der Waals surface area contributed by atoms with Gasteiger partial charge in [0, 0.05) is 23.6 Å². The summed E-state index contributed by atoms with van der Waals surface area (Å²) < 4.78 is 1.02. The lowest BCUT2D eigenvalue weighted by Crippen LogP contribution is -2.37. The normalized spacial score (nSPS) is 12.9. The van der Waals surface area contributed by atoms with Gasteiger partial charge in [0.25, 0.3) is 0 Å². The van der Waals surface area contributed by atoms with Gasteiger partial charge in [-0.15, -0.1) is 0 Å². The second kappa shape index (κ2) is 7.62. The first-order valence-electron chi connectivity index (χ1n) is 6.26. The van der Waals surface area contributed by atoms with E-state index in [-0.39, 0.29) is 12.6 Å². The van der Waals surface area contributed by atoms with Crippen molar-refractivity contribution in [2.45, 2.75) is 13.0 Å². The first kappa shape index (κ1) is 16.1. The molecule has 1 N–H and O–H groups in total. The molecule has 0 radical (unpaired) electrons. The van der Waals surface area contributed by atoms with Crippen LogP contribution in [0.2, 0.25) is 0 Å². The Morgan fingerprint density at radius 2 is 1.95 bits per heavy atom. The van der Waals surface area contributed by atoms with Crippen LogP contribution in [0.4, 0.5) is 0 Å². The highest BCUT2D eigenvalue weighted by molar-refractivity contribution is 9.10. The van der Waals surface area contributed by atoms with Gasteiger partial charge in [-0.1, -0.05) is 34.1 Å². The third-order valence-corrected chi connectivity index (χ3v) is 3.80. The lowest BCUT2D eigenvalue weighted by molar-refractivity contribution is -0.138. The van der Waals surface area contributed by atoms with Gasteiger partial charge in [0.05, 0.1) is 6.54 Å². The fourth-order valence-corrected chi connectivity index (χ4v) is 2.54. The molecule has 0 heterocycles. The molecular formula is C14H21BrN2O2. The summed E-state index contributed by atoms with van der Waals surface area (Å²) in [5.74, 6) is -0.794. The van der Waals surface area contributed by atoms with E-state index in [1.54, 1.807) is 0 Å². The topological polar surface area (TPSA) is 43.8 Å². The van der Waals surface area contributed by atoms with Crippen LogP contribution in [0.15, 0.2) is 28.7 Å². The third-order valence-electron chi connectivity index (χ3n) is 3.08. The standard InChI is InChI=1S/C14H21BrN2O2/c1-11(12-6-4-5-7-13(12)15)17(10-14(18)19)9-8-16(2)3/h4-7,11H,8-10H2,1-3H3,(H,18,19). The van der Waals surface area contributed by atoms with Crippen LogP contribution in [0.25, 0.3) is 0 Å². The zero-order valence-corrected chi connectivity index (χ0v) is 13.2. The zero-order chi connectivity index (χ0) is 14.4. The molecule has 1 unspecified atom stereocenters. The monoisotopic (exact) mass is 328 g/mol. The summed E-state index contributed by atoms with van der Waals surface area (Å²) in [6.07, 6.45) is 0. The number of halogens is 1. The van der Waals surface area contributed by atoms with Crippen LogP contribution in [0.1, 0.15) is 18.5 Å². The summed E-state index contributed by atoms with van der Waals surface area (Å²) in [5.41, 5.74) is 1.11. The zero-order valence-electron chi connectivity index (χ0n) is 11.6. The maximum atomic E-state index is 11.0. The number of carboxylic acids is 1. The quantitative estimate of drug-likeness (QED) is 0.835. The molecule has 0 bridgehead atoms. The molecule has 1 atom stereocenters. The molecule has 0 amide bonds. The van der Waals surface area contributed by atoms with E-state index in [0.29, 0.717) is 0 Å². The van der Waals surface area contributed by atoms with Crippen LogP contribution in [0.5, 0.6) is 0 Å². The Labute approximate surface area is 123 Å². The number of carboxylic acid groups (broad SMARTS) is 1. The number of likely N-dealkylation sites (N-methyl/N-ethyl adjacent to an activating group) is 1. The van der Waals surface area contributed by atoms with Crippen LogP contribution in [-0.4, -0.2) is 54.6 Å². The van der Waals surface area contributed by atoms with Crippen molar-refractivity contribution in [3.63, 3.8) is 0 Å². The van der Waals surface area contributed by atoms with E-state index >= 15 is 0 Å². The fraction of sp³-hybridized carbons (Fsp3) is 0.500. The second-order valence-corrected chi connectivity index (χ2v) is 5.72. The van der Waals surface area contributed by atoms with E-state index in [9.17, 15) is 4.79 Å². The van der Waals surface area contributed by atoms with Crippen molar-refractivity contribution in [2.75, 3.05) is 33.7 Å². The number of carbonyl (C=O) groups is 1. The second-order valence-electron chi connectivity index (χ2n) is 4.86. The van der Waals surface area contributed by atoms with Crippen LogP contribution in [0, 0.1) is 0 Å². The summed E-state index contributed by atoms with van der Waals surface area (Å²) in [6.45, 7) is 3.65. The van der Waals surface area contributed by atoms with Gasteiger partial charge in [-0.05, 0) is 32.6 Å². The van der Waals surface area contributed by atoms with Crippen molar-refractivity contribution in [1.29, 1.82) is 0 Å². The highest BCUT2D eigenvalue weighted by atomic mass is 79.9. The molecule has 1 aromatic rings. The van der Waals surface area contributed by atoms with E-state index in [1.807, 2.05) is 50.2 Å². The lowest BCUT2D eigenvalue weighted by Gasteiger charge is -2.29. The molecule has 0 aliphatic carbocycles. The first-order chi connectivity index (χ1) is 8.91. The van der Waals surface area contributed by atoms with Crippen molar-refractivity contribution < 1.29 is 9.90 Å². The smallest absolute Gasteiger partial charge is 0.317 e. The SMILES string of the molecule is CC(c1ccccc1Br)N(CCN(C)C)CC(=O)O. The number of hydrogen-bond acceptors (Lipinski definition) is 3. The van der Waals surface area contributed by atoms with Crippen molar-refractivity contribution >= 4 is 21.9 Å². The number of benzene rings is 1. The van der Waals surface area contributed by atoms with Gasteiger partial charge in [0.1, 0.15) is 0 Å². The molecule has 1 rings (SSSR count). The maximum Gasteiger partial charge on any atom is 0.317 e. The van der Waals surface area contributed by atoms with E-state index in [0.717, 1.165) is 23.1 Å². The summed E-state index contributed by atoms with van der Waals surface area (Å²) in [7, 11) is 3.98. The van der Waals surface area contributed by atoms with Crippen molar-refractivity contribution in [1.82, 2.24) is 9.80 Å². The minimum atomic E-state index is -0.794. The Morgan fingerprint density at radius 3 is 2.47 bits per heavy atom. The van der Waals surface area contributed by atoms with Crippen LogP contribution in [0.3, 0.4) is 0 Å². The molecule has 19 heavy (non-hydrogen) atoms. The van der Waals surface area contributed by atoms with Crippen molar-refractivity contribution in [3.05, 3.63) is 34.3 Å². The average Bonchev–Trinajstić information content (AvgIpc) is 2.33. The van der Waals surface area contributed by atoms with Gasteiger partial charge < -0.3 is 10.0 Å². The van der Waals surface area contributed by atoms with Crippen LogP contribution >= 0.6 is 15.9 Å². The molecule has 0 aromatic heterocycles. The number of aliphatic carboxylic acids is 1. The molecule has 0 aliphatic heterocycles. The molecule has 0 aliphatic rings. The Morgan fingerprint density at radius 1 is 1.32 bits per heavy atom. The Hall–Kier alpha value is -0.910. The third kappa shape index (κ3) is 5.30. The molecule has 0 saturated carbocycles. The van der Waals surface area contributed by atoms with Crippen molar-refractivity contribution in [2.24, 2.45) is 0 Å². The predicted octanol–water partition coefficient (Wildman–Crippen LogP) is 2.46. The van der Waals surface area contributed by atoms with E-state index in [1.165, 1.54) is 0 Å². The van der Waals surface area contributed by atoms with Gasteiger partial charge >= 0.3 is 5.97 Å². The molecule has 4 nitrogen and oxygen atoms in total. The van der Waals surface area contributed by atoms with E-state index in [2.05, 4.69) is 20.8 Å². The molecule has 1 aromatic carbocycles. The summed E-state index contributed by atoms with van der Waals surface area (Å²) in [5, 5.41) is 9.05. The molecule has 0 spiro atoms. The molecular weight excluding hydrogens is 308 g/mol. The minimum absolute atomic E-state index is 0.0519. The molecule has 106 valence electrons. The summed E-state index contributed by atoms with van der Waals surface area (Å²) in [6, 6.07) is 8.01. The fourth-order valence-electron chi connectivity index (χ4n) is 1.92. The van der Waals surface area contributed by atoms with Gasteiger partial charge in [-0.25, -0.2) is 0 Å². The van der Waals surface area contributed by atoms with Gasteiger partial charge in [0.15, 0.2) is 0 Å². The van der Waals surface area contributed by atoms with E-state index in [4.69, 9.17) is 5.11 Å². The molecule has 5 heteroatoms. The number of hydrogen-bond donors (Lipinski definition) is 1. The van der Waals surface area contributed by atoms with Gasteiger partial charge in [-0.3, -0.25) is 9.69 Å². The van der Waals surface area contributed by atoms with Crippen LogP contribution < -0.4 is 0 Å². The number of nitrogens with zero attached hydrogens (tertiary/aromatic N) is 2. The van der Waals surface area contributed by atoms with Gasteiger partial charge in [0.2, 0.25) is 0 Å². The van der Waals surface area contributed by atoms with E-state index < -0.39 is 5.97 Å². The maximum absolute atomic E-state index is 11.0. The predicted molar refractivity (Wildman–Crippen MR) is 80.3 cm³/mol. The minimum Gasteiger partial charge on any atom is -0.480 e. The van der Waals surface area contributed by atoms with Crippen LogP contribution in [-0.2, 0) is 4.79 Å². The highest BCUT2D eigenvalue weighted by Gasteiger charge is 2.19. The lowest BCUT2D eigenvalue weighted by atomic mass is 10.1. The molecule has 0 fully saturated rings. The first-order valence-corrected chi connectivity index (χ1v) is 7.06.